The van der Waals surface area contributed by atoms with E-state index in [1.807, 2.05) is 12.1 Å². The summed E-state index contributed by atoms with van der Waals surface area (Å²) in [6, 6.07) is 8.80. The Labute approximate surface area is 161 Å². The number of phenolic OH excluding ortho intramolecular Hbond substituents is 1. The van der Waals surface area contributed by atoms with Crippen molar-refractivity contribution in [2.45, 2.75) is 18.8 Å². The number of aromatic nitrogens is 3. The predicted molar refractivity (Wildman–Crippen MR) is 107 cm³/mol. The van der Waals surface area contributed by atoms with Crippen LogP contribution in [-0.4, -0.2) is 40.3 Å². The fraction of sp³-hybridized carbons (Fsp3) is 0.316. The van der Waals surface area contributed by atoms with Gasteiger partial charge in [0, 0.05) is 37.5 Å². The van der Waals surface area contributed by atoms with Gasteiger partial charge in [-0.15, -0.1) is 0 Å². The normalized spacial score (nSPS) is 13.5. The second-order valence-electron chi connectivity index (χ2n) is 6.37. The van der Waals surface area contributed by atoms with Gasteiger partial charge in [0.1, 0.15) is 5.75 Å². The van der Waals surface area contributed by atoms with Crippen molar-refractivity contribution in [3.63, 3.8) is 0 Å². The number of ether oxygens (including phenoxy) is 1. The van der Waals surface area contributed by atoms with Crippen molar-refractivity contribution in [3.8, 4) is 16.3 Å². The highest BCUT2D eigenvalue weighted by molar-refractivity contribution is 7.19. The molecule has 0 spiro atoms. The molecule has 1 aromatic carbocycles. The summed E-state index contributed by atoms with van der Waals surface area (Å²) in [6.07, 6.45) is 4.09. The summed E-state index contributed by atoms with van der Waals surface area (Å²) in [6.45, 7) is 1.36. The van der Waals surface area contributed by atoms with Gasteiger partial charge < -0.3 is 20.5 Å². The Morgan fingerprint density at radius 1 is 1.26 bits per heavy atom. The minimum atomic E-state index is 0.196. The van der Waals surface area contributed by atoms with Crippen LogP contribution in [0.4, 0.5) is 16.8 Å². The molecule has 3 N–H and O–H groups in total. The predicted octanol–water partition coefficient (Wildman–Crippen LogP) is 3.99. The van der Waals surface area contributed by atoms with Crippen LogP contribution in [-0.2, 0) is 4.74 Å². The zero-order chi connectivity index (χ0) is 18.6. The third kappa shape index (κ3) is 4.35. The smallest absolute Gasteiger partial charge is 0.227 e. The molecule has 1 saturated carbocycles. The number of nitrogens with one attached hydrogen (secondary N) is 2. The van der Waals surface area contributed by atoms with Crippen LogP contribution in [0.5, 0.6) is 5.75 Å². The fourth-order valence-corrected chi connectivity index (χ4v) is 3.79. The topological polar surface area (TPSA) is 92.2 Å². The third-order valence-electron chi connectivity index (χ3n) is 4.19. The Balaban J connectivity index is 1.59. The van der Waals surface area contributed by atoms with E-state index >= 15 is 0 Å². The summed E-state index contributed by atoms with van der Waals surface area (Å²) in [5.41, 5.74) is 2.70. The van der Waals surface area contributed by atoms with E-state index in [1.54, 1.807) is 42.8 Å². The van der Waals surface area contributed by atoms with Gasteiger partial charge in [-0.1, -0.05) is 17.4 Å². The number of rotatable bonds is 8. The van der Waals surface area contributed by atoms with Crippen LogP contribution < -0.4 is 10.6 Å². The van der Waals surface area contributed by atoms with Crippen LogP contribution in [0.3, 0.4) is 0 Å². The first kappa shape index (κ1) is 17.7. The Kier molecular flexibility index (Phi) is 5.17. The average molecular weight is 383 g/mol. The Hall–Kier alpha value is -2.71. The van der Waals surface area contributed by atoms with Gasteiger partial charge in [0.25, 0.3) is 0 Å². The maximum absolute atomic E-state index is 9.62. The molecule has 27 heavy (non-hydrogen) atoms. The van der Waals surface area contributed by atoms with E-state index in [2.05, 4.69) is 20.6 Å². The number of thiazole rings is 1. The van der Waals surface area contributed by atoms with Gasteiger partial charge in [-0.25, -0.2) is 15.0 Å². The van der Waals surface area contributed by atoms with E-state index < -0.39 is 0 Å². The molecule has 2 heterocycles. The van der Waals surface area contributed by atoms with E-state index in [0.717, 1.165) is 33.6 Å². The van der Waals surface area contributed by atoms with E-state index in [9.17, 15) is 5.11 Å². The molecule has 0 bridgehead atoms. The number of nitrogens with zero attached hydrogens (tertiary/aromatic N) is 3. The number of aromatic hydroxyl groups is 1. The number of benzene rings is 1. The highest BCUT2D eigenvalue weighted by atomic mass is 32.1. The number of hydrogen-bond acceptors (Lipinski definition) is 8. The molecule has 4 rings (SSSR count). The average Bonchev–Trinajstić information content (AvgIpc) is 3.42. The van der Waals surface area contributed by atoms with Crippen LogP contribution in [0.15, 0.2) is 36.5 Å². The SMILES string of the molecule is COCCNc1nc(C2CC2)c(-c2ccnc(Nc3cccc(O)c3)n2)s1. The van der Waals surface area contributed by atoms with Gasteiger partial charge in [-0.05, 0) is 31.0 Å². The van der Waals surface area contributed by atoms with Crippen molar-refractivity contribution in [1.82, 2.24) is 15.0 Å². The Bertz CT molecular complexity index is 926. The quantitative estimate of drug-likeness (QED) is 0.507. The second-order valence-corrected chi connectivity index (χ2v) is 7.37. The summed E-state index contributed by atoms with van der Waals surface area (Å²) in [4.78, 5) is 14.8. The molecule has 0 amide bonds. The van der Waals surface area contributed by atoms with E-state index in [0.29, 0.717) is 18.5 Å². The van der Waals surface area contributed by atoms with Crippen molar-refractivity contribution >= 4 is 28.1 Å². The summed E-state index contributed by atoms with van der Waals surface area (Å²) in [5, 5.41) is 17.0. The van der Waals surface area contributed by atoms with Crippen molar-refractivity contribution in [1.29, 1.82) is 0 Å². The third-order valence-corrected chi connectivity index (χ3v) is 5.24. The zero-order valence-electron chi connectivity index (χ0n) is 15.0. The van der Waals surface area contributed by atoms with Gasteiger partial charge in [0.15, 0.2) is 5.13 Å². The molecule has 3 aromatic rings. The zero-order valence-corrected chi connectivity index (χ0v) is 15.8. The second kappa shape index (κ2) is 7.89. The molecular formula is C19H21N5O2S. The van der Waals surface area contributed by atoms with Crippen LogP contribution in [0.2, 0.25) is 0 Å². The van der Waals surface area contributed by atoms with Crippen LogP contribution >= 0.6 is 11.3 Å². The lowest BCUT2D eigenvalue weighted by molar-refractivity contribution is 0.211. The molecule has 7 nitrogen and oxygen atoms in total. The fourth-order valence-electron chi connectivity index (χ4n) is 2.74. The molecule has 0 unspecified atom stereocenters. The van der Waals surface area contributed by atoms with E-state index in [1.165, 1.54) is 12.8 Å². The van der Waals surface area contributed by atoms with Crippen LogP contribution in [0.1, 0.15) is 24.5 Å². The summed E-state index contributed by atoms with van der Waals surface area (Å²) >= 11 is 1.61. The first-order valence-corrected chi connectivity index (χ1v) is 9.67. The maximum atomic E-state index is 9.62. The highest BCUT2D eigenvalue weighted by Crippen LogP contribution is 2.46. The lowest BCUT2D eigenvalue weighted by atomic mass is 10.2. The van der Waals surface area contributed by atoms with Gasteiger partial charge >= 0.3 is 0 Å². The standard InChI is InChI=1S/C19H21N5O2S/c1-26-10-9-21-19-24-16(12-5-6-12)17(27-19)15-7-8-20-18(23-15)22-13-3-2-4-14(25)11-13/h2-4,7-8,11-12,25H,5-6,9-10H2,1H3,(H,21,24)(H,20,22,23). The first-order chi connectivity index (χ1) is 13.2. The summed E-state index contributed by atoms with van der Waals surface area (Å²) in [7, 11) is 1.69. The van der Waals surface area contributed by atoms with Crippen molar-refractivity contribution < 1.29 is 9.84 Å². The number of phenols is 1. The molecule has 0 saturated heterocycles. The van der Waals surface area contributed by atoms with Gasteiger partial charge in [0.05, 0.1) is 22.9 Å². The first-order valence-electron chi connectivity index (χ1n) is 8.86. The lowest BCUT2D eigenvalue weighted by Crippen LogP contribution is -2.07. The molecule has 0 aliphatic heterocycles. The number of anilines is 3. The van der Waals surface area contributed by atoms with Gasteiger partial charge in [-0.2, -0.15) is 0 Å². The molecule has 8 heteroatoms. The number of methoxy groups -OCH3 is 1. The van der Waals surface area contributed by atoms with E-state index in [4.69, 9.17) is 9.72 Å². The molecule has 0 radical (unpaired) electrons. The molecule has 140 valence electrons. The lowest BCUT2D eigenvalue weighted by Gasteiger charge is -2.06. The van der Waals surface area contributed by atoms with Crippen LogP contribution in [0, 0.1) is 0 Å². The molecule has 1 fully saturated rings. The van der Waals surface area contributed by atoms with Crippen molar-refractivity contribution in [2.24, 2.45) is 0 Å². The minimum Gasteiger partial charge on any atom is -0.508 e. The summed E-state index contributed by atoms with van der Waals surface area (Å²) < 4.78 is 5.09. The highest BCUT2D eigenvalue weighted by Gasteiger charge is 2.30. The largest absolute Gasteiger partial charge is 0.508 e. The minimum absolute atomic E-state index is 0.196. The Morgan fingerprint density at radius 3 is 2.93 bits per heavy atom. The van der Waals surface area contributed by atoms with E-state index in [-0.39, 0.29) is 5.75 Å². The Morgan fingerprint density at radius 2 is 2.15 bits per heavy atom. The molecular weight excluding hydrogens is 362 g/mol. The van der Waals surface area contributed by atoms with Crippen molar-refractivity contribution in [3.05, 3.63) is 42.2 Å². The van der Waals surface area contributed by atoms with Crippen molar-refractivity contribution in [2.75, 3.05) is 30.9 Å². The van der Waals surface area contributed by atoms with Gasteiger partial charge in [-0.3, -0.25) is 0 Å². The summed E-state index contributed by atoms with van der Waals surface area (Å²) in [5.74, 6) is 1.20. The molecule has 1 aliphatic rings. The van der Waals surface area contributed by atoms with Crippen LogP contribution in [0.25, 0.3) is 10.6 Å². The molecule has 2 aromatic heterocycles. The monoisotopic (exact) mass is 383 g/mol. The molecule has 0 atom stereocenters. The molecule has 1 aliphatic carbocycles. The maximum Gasteiger partial charge on any atom is 0.227 e. The van der Waals surface area contributed by atoms with Gasteiger partial charge in [0.2, 0.25) is 5.95 Å². The number of hydrogen-bond donors (Lipinski definition) is 3.